The molecule has 2 atom stereocenters. The van der Waals surface area contributed by atoms with Gasteiger partial charge in [-0.05, 0) is 101 Å². The van der Waals surface area contributed by atoms with E-state index >= 15 is 0 Å². The lowest BCUT2D eigenvalue weighted by molar-refractivity contribution is 0.417. The quantitative estimate of drug-likeness (QED) is 0.180. The first-order valence-electron chi connectivity index (χ1n) is 20.3. The van der Waals surface area contributed by atoms with Crippen molar-refractivity contribution in [3.05, 3.63) is 211 Å². The third-order valence-electron chi connectivity index (χ3n) is 11.9. The lowest BCUT2D eigenvalue weighted by Crippen LogP contribution is -2.28. The van der Waals surface area contributed by atoms with Crippen molar-refractivity contribution in [2.24, 2.45) is 4.99 Å². The fraction of sp³-hybridized carbons (Fsp3) is 0.0926. The summed E-state index contributed by atoms with van der Waals surface area (Å²) in [7, 11) is 0. The van der Waals surface area contributed by atoms with E-state index in [1.54, 1.807) is 0 Å². The van der Waals surface area contributed by atoms with Crippen LogP contribution in [-0.2, 0) is 0 Å². The molecule has 1 aliphatic rings. The molecule has 278 valence electrons. The lowest BCUT2D eigenvalue weighted by Gasteiger charge is -2.28. The van der Waals surface area contributed by atoms with E-state index in [0.717, 1.165) is 36.2 Å². The van der Waals surface area contributed by atoms with Crippen LogP contribution in [0.15, 0.2) is 199 Å². The highest BCUT2D eigenvalue weighted by molar-refractivity contribution is 7.26. The molecule has 0 fully saturated rings. The minimum atomic E-state index is -0.216. The van der Waals surface area contributed by atoms with Gasteiger partial charge in [-0.3, -0.25) is 10.3 Å². The van der Waals surface area contributed by atoms with Crippen molar-refractivity contribution < 1.29 is 0 Å². The van der Waals surface area contributed by atoms with Crippen molar-refractivity contribution in [3.8, 4) is 27.9 Å². The number of hydrogen-bond acceptors (Lipinski definition) is 3. The highest BCUT2D eigenvalue weighted by atomic mass is 32.1. The predicted molar refractivity (Wildman–Crippen MR) is 246 cm³/mol. The van der Waals surface area contributed by atoms with Crippen LogP contribution in [0, 0.1) is 0 Å². The minimum absolute atomic E-state index is 0.199. The smallest absolute Gasteiger partial charge is 0.126 e. The highest BCUT2D eigenvalue weighted by Crippen LogP contribution is 2.43. The fourth-order valence-corrected chi connectivity index (χ4v) is 10.3. The normalized spacial score (nSPS) is 17.0. The first-order chi connectivity index (χ1) is 28.7. The van der Waals surface area contributed by atoms with E-state index in [4.69, 9.17) is 4.99 Å². The van der Waals surface area contributed by atoms with Crippen LogP contribution >= 0.6 is 11.3 Å². The van der Waals surface area contributed by atoms with E-state index in [2.05, 4.69) is 204 Å². The molecule has 3 nitrogen and oxygen atoms in total. The second-order valence-electron chi connectivity index (χ2n) is 15.4. The number of aromatic nitrogens is 1. The zero-order chi connectivity index (χ0) is 38.4. The Labute approximate surface area is 342 Å². The molecule has 0 amide bonds. The molecule has 3 heterocycles. The first kappa shape index (κ1) is 34.6. The van der Waals surface area contributed by atoms with Crippen LogP contribution in [0.25, 0.3) is 69.9 Å². The van der Waals surface area contributed by atoms with Crippen LogP contribution in [0.5, 0.6) is 0 Å². The van der Waals surface area contributed by atoms with Crippen LogP contribution in [-0.4, -0.2) is 10.3 Å². The summed E-state index contributed by atoms with van der Waals surface area (Å²) in [6, 6.07) is 71.1. The van der Waals surface area contributed by atoms with Gasteiger partial charge in [0.25, 0.3) is 0 Å². The molecule has 0 bridgehead atoms. The average Bonchev–Trinajstić information content (AvgIpc) is 3.83. The van der Waals surface area contributed by atoms with Crippen molar-refractivity contribution in [1.82, 2.24) is 9.88 Å². The van der Waals surface area contributed by atoms with Gasteiger partial charge in [-0.25, -0.2) is 0 Å². The third kappa shape index (κ3) is 6.22. The van der Waals surface area contributed by atoms with Crippen LogP contribution < -0.4 is 5.32 Å². The minimum Gasteiger partial charge on any atom is -0.309 e. The molecule has 10 aromatic rings. The van der Waals surface area contributed by atoms with Crippen molar-refractivity contribution >= 4 is 59.0 Å². The molecule has 4 heteroatoms. The predicted octanol–water partition coefficient (Wildman–Crippen LogP) is 14.5. The number of aliphatic imine (C=N–C) groups is 1. The summed E-state index contributed by atoms with van der Waals surface area (Å²) in [5, 5.41) is 9.14. The number of hydrogen-bond donors (Lipinski definition) is 1. The van der Waals surface area contributed by atoms with Crippen molar-refractivity contribution in [2.45, 2.75) is 31.5 Å². The lowest BCUT2D eigenvalue weighted by atomic mass is 9.95. The van der Waals surface area contributed by atoms with Crippen LogP contribution in [0.2, 0.25) is 0 Å². The molecule has 0 saturated carbocycles. The molecule has 58 heavy (non-hydrogen) atoms. The van der Waals surface area contributed by atoms with Gasteiger partial charge in [0.2, 0.25) is 0 Å². The molecule has 2 unspecified atom stereocenters. The number of nitrogens with one attached hydrogen (secondary N) is 1. The molecule has 0 spiro atoms. The van der Waals surface area contributed by atoms with Gasteiger partial charge >= 0.3 is 0 Å². The summed E-state index contributed by atoms with van der Waals surface area (Å²) in [4.78, 5) is 5.53. The molecule has 0 radical (unpaired) electrons. The fourth-order valence-electron chi connectivity index (χ4n) is 9.06. The molecular weight excluding hydrogens is 723 g/mol. The summed E-state index contributed by atoms with van der Waals surface area (Å²) in [6.45, 7) is 0. The number of fused-ring (bicyclic) bond motifs is 6. The summed E-state index contributed by atoms with van der Waals surface area (Å²) in [6.07, 6.45) is 2.84. The SMILES string of the molecule is c1ccc(/C2=N/C(c3cccc(-n4c5ccc(-c6ccccc6)cc5c5cc(-c6cccc7c6sc6ccccc67)ccc54)c3)NC(c3ccccc3)CCC2)cc1. The maximum absolute atomic E-state index is 5.53. The second kappa shape index (κ2) is 14.7. The Morgan fingerprint density at radius 2 is 1.14 bits per heavy atom. The van der Waals surface area contributed by atoms with E-state index in [9.17, 15) is 0 Å². The van der Waals surface area contributed by atoms with E-state index in [1.165, 1.54) is 75.4 Å². The van der Waals surface area contributed by atoms with Gasteiger partial charge in [0.15, 0.2) is 0 Å². The Bertz CT molecular complexity index is 3120. The number of benzene rings is 8. The Balaban J connectivity index is 1.08. The number of rotatable bonds is 6. The molecule has 8 aromatic carbocycles. The molecule has 0 aliphatic carbocycles. The zero-order valence-electron chi connectivity index (χ0n) is 32.1. The molecule has 1 N–H and O–H groups in total. The molecular formula is C54H41N3S. The summed E-state index contributed by atoms with van der Waals surface area (Å²) in [5.74, 6) is 0. The van der Waals surface area contributed by atoms with Gasteiger partial charge in [-0.15, -0.1) is 11.3 Å². The standard InChI is InChI=1S/C54H41N3S/c1-4-15-36(16-5-1)39-29-31-50-46(34-39)47-35-40(43-24-13-25-45-44-23-10-11-28-52(44)58-53(43)45)30-32-51(47)57(50)42-22-12-21-41(33-42)54-55-48(37-17-6-2-7-18-37)26-14-27-49(56-54)38-19-8-3-9-20-38/h1-13,15-25,28-35,48,54-55H,14,26-27H2/b56-49+. The molecule has 0 saturated heterocycles. The number of nitrogens with zero attached hydrogens (tertiary/aromatic N) is 2. The molecule has 2 aromatic heterocycles. The van der Waals surface area contributed by atoms with E-state index in [1.807, 2.05) is 11.3 Å². The highest BCUT2D eigenvalue weighted by Gasteiger charge is 2.23. The summed E-state index contributed by atoms with van der Waals surface area (Å²) < 4.78 is 5.11. The topological polar surface area (TPSA) is 29.3 Å². The van der Waals surface area contributed by atoms with Crippen LogP contribution in [0.1, 0.15) is 48.2 Å². The van der Waals surface area contributed by atoms with Crippen molar-refractivity contribution in [1.29, 1.82) is 0 Å². The van der Waals surface area contributed by atoms with E-state index < -0.39 is 0 Å². The van der Waals surface area contributed by atoms with Crippen molar-refractivity contribution in [2.75, 3.05) is 0 Å². The maximum Gasteiger partial charge on any atom is 0.126 e. The van der Waals surface area contributed by atoms with Gasteiger partial charge in [-0.1, -0.05) is 152 Å². The van der Waals surface area contributed by atoms with Gasteiger partial charge in [0.05, 0.1) is 11.0 Å². The summed E-state index contributed by atoms with van der Waals surface area (Å²) in [5.41, 5.74) is 13.2. The molecule has 11 rings (SSSR count). The van der Waals surface area contributed by atoms with E-state index in [-0.39, 0.29) is 12.2 Å². The monoisotopic (exact) mass is 763 g/mol. The Morgan fingerprint density at radius 3 is 1.93 bits per heavy atom. The zero-order valence-corrected chi connectivity index (χ0v) is 32.9. The second-order valence-corrected chi connectivity index (χ2v) is 16.5. The van der Waals surface area contributed by atoms with Gasteiger partial charge in [0.1, 0.15) is 6.17 Å². The maximum atomic E-state index is 5.53. The van der Waals surface area contributed by atoms with Crippen LogP contribution in [0.4, 0.5) is 0 Å². The molecule has 1 aliphatic heterocycles. The van der Waals surface area contributed by atoms with Gasteiger partial charge in [-0.2, -0.15) is 0 Å². The summed E-state index contributed by atoms with van der Waals surface area (Å²) >= 11 is 1.89. The average molecular weight is 764 g/mol. The Kier molecular flexibility index (Phi) is 8.80. The Hall–Kier alpha value is -6.59. The van der Waals surface area contributed by atoms with Gasteiger partial charge < -0.3 is 4.57 Å². The van der Waals surface area contributed by atoms with Crippen LogP contribution in [0.3, 0.4) is 0 Å². The first-order valence-corrected chi connectivity index (χ1v) is 21.1. The van der Waals surface area contributed by atoms with E-state index in [0.29, 0.717) is 0 Å². The largest absolute Gasteiger partial charge is 0.309 e. The third-order valence-corrected chi connectivity index (χ3v) is 13.1. The van der Waals surface area contributed by atoms with Crippen molar-refractivity contribution in [3.63, 3.8) is 0 Å². The Morgan fingerprint density at radius 1 is 0.500 bits per heavy atom. The number of thiophene rings is 1. The van der Waals surface area contributed by atoms with Gasteiger partial charge in [0, 0.05) is 48.4 Å².